The van der Waals surface area contributed by atoms with E-state index in [1.807, 2.05) is 0 Å². The topological polar surface area (TPSA) is 84.9 Å². The smallest absolute Gasteiger partial charge is 0.306 e. The molecule has 0 radical (unpaired) electrons. The first-order chi connectivity index (χ1) is 22.4. The zero-order valence-electron chi connectivity index (χ0n) is 31.0. The van der Waals surface area contributed by atoms with Crippen molar-refractivity contribution in [3.8, 4) is 0 Å². The van der Waals surface area contributed by atoms with Gasteiger partial charge < -0.3 is 19.7 Å². The second-order valence-electron chi connectivity index (χ2n) is 13.5. The van der Waals surface area contributed by atoms with Gasteiger partial charge in [-0.3, -0.25) is 14.4 Å². The van der Waals surface area contributed by atoms with E-state index in [4.69, 9.17) is 9.47 Å². The molecule has 0 bridgehead atoms. The van der Waals surface area contributed by atoms with Crippen LogP contribution in [0.1, 0.15) is 195 Å². The highest BCUT2D eigenvalue weighted by Gasteiger charge is 2.14. The number of unbranched alkanes of at least 4 members (excludes halogenated alkanes) is 16. The van der Waals surface area contributed by atoms with E-state index in [-0.39, 0.29) is 23.9 Å². The van der Waals surface area contributed by atoms with Crippen molar-refractivity contribution in [3.05, 3.63) is 0 Å². The van der Waals surface area contributed by atoms with Gasteiger partial charge in [-0.05, 0) is 83.8 Å². The average molecular weight is 653 g/mol. The van der Waals surface area contributed by atoms with Gasteiger partial charge in [-0.2, -0.15) is 0 Å². The highest BCUT2D eigenvalue weighted by Crippen LogP contribution is 2.16. The largest absolute Gasteiger partial charge is 0.466 e. The zero-order chi connectivity index (χ0) is 33.9. The van der Waals surface area contributed by atoms with Crippen LogP contribution in [0.25, 0.3) is 0 Å². The maximum Gasteiger partial charge on any atom is 0.306 e. The van der Waals surface area contributed by atoms with Crippen molar-refractivity contribution in [2.24, 2.45) is 0 Å². The molecule has 0 rings (SSSR count). The van der Waals surface area contributed by atoms with Gasteiger partial charge in [-0.25, -0.2) is 0 Å². The van der Waals surface area contributed by atoms with Crippen LogP contribution in [0.5, 0.6) is 0 Å². The second-order valence-corrected chi connectivity index (χ2v) is 13.5. The first-order valence-corrected chi connectivity index (χ1v) is 19.7. The van der Waals surface area contributed by atoms with Gasteiger partial charge in [0.25, 0.3) is 0 Å². The Morgan fingerprint density at radius 3 is 1.63 bits per heavy atom. The number of carbonyl (C=O) groups excluding carboxylic acids is 3. The summed E-state index contributed by atoms with van der Waals surface area (Å²) in [6.07, 6.45) is 28.2. The molecule has 0 saturated carbocycles. The Morgan fingerprint density at radius 1 is 0.543 bits per heavy atom. The number of nitrogens with zero attached hydrogens (tertiary/aromatic N) is 1. The van der Waals surface area contributed by atoms with Gasteiger partial charge in [-0.15, -0.1) is 0 Å². The van der Waals surface area contributed by atoms with Gasteiger partial charge >= 0.3 is 11.9 Å². The van der Waals surface area contributed by atoms with Crippen molar-refractivity contribution < 1.29 is 23.9 Å². The standard InChI is InChI=1S/C39H76N2O5/c1-5-8-11-18-26-35-45-38(43)29-20-14-12-16-23-32-41(34-25-22-31-40-36(4)42)33-24-17-13-15-21-30-39(44)46-37(27-10-7-3)28-19-9-6-2/h37H,5-35H2,1-4H3,(H,40,42). The fourth-order valence-electron chi connectivity index (χ4n) is 5.85. The zero-order valence-corrected chi connectivity index (χ0v) is 31.0. The molecule has 0 aliphatic heterocycles. The van der Waals surface area contributed by atoms with Crippen molar-refractivity contribution in [3.63, 3.8) is 0 Å². The molecule has 0 spiro atoms. The lowest BCUT2D eigenvalue weighted by Gasteiger charge is -2.22. The summed E-state index contributed by atoms with van der Waals surface area (Å²) in [6, 6.07) is 0. The highest BCUT2D eigenvalue weighted by molar-refractivity contribution is 5.72. The van der Waals surface area contributed by atoms with Crippen LogP contribution < -0.4 is 5.32 Å². The summed E-state index contributed by atoms with van der Waals surface area (Å²) in [5.41, 5.74) is 0. The molecule has 46 heavy (non-hydrogen) atoms. The molecular formula is C39H76N2O5. The minimum absolute atomic E-state index is 0.00358. The third-order valence-corrected chi connectivity index (χ3v) is 8.80. The minimum Gasteiger partial charge on any atom is -0.466 e. The molecule has 1 amide bonds. The first kappa shape index (κ1) is 44.4. The van der Waals surface area contributed by atoms with Crippen LogP contribution in [0.2, 0.25) is 0 Å². The molecule has 7 heteroatoms. The normalized spacial score (nSPS) is 11.9. The molecule has 272 valence electrons. The third-order valence-electron chi connectivity index (χ3n) is 8.80. The predicted molar refractivity (Wildman–Crippen MR) is 193 cm³/mol. The van der Waals surface area contributed by atoms with Crippen molar-refractivity contribution in [2.45, 2.75) is 201 Å². The van der Waals surface area contributed by atoms with E-state index in [1.165, 1.54) is 70.6 Å². The number of nitrogens with one attached hydrogen (secondary N) is 1. The van der Waals surface area contributed by atoms with Crippen molar-refractivity contribution in [1.29, 1.82) is 0 Å². The maximum absolute atomic E-state index is 12.4. The molecule has 0 fully saturated rings. The van der Waals surface area contributed by atoms with Gasteiger partial charge in [0.15, 0.2) is 0 Å². The molecule has 7 nitrogen and oxygen atoms in total. The predicted octanol–water partition coefficient (Wildman–Crippen LogP) is 10.1. The summed E-state index contributed by atoms with van der Waals surface area (Å²) < 4.78 is 11.2. The van der Waals surface area contributed by atoms with Crippen LogP contribution >= 0.6 is 0 Å². The summed E-state index contributed by atoms with van der Waals surface area (Å²) in [7, 11) is 0. The Kier molecular flexibility index (Phi) is 33.5. The molecule has 1 N–H and O–H groups in total. The first-order valence-electron chi connectivity index (χ1n) is 19.7. The van der Waals surface area contributed by atoms with Crippen LogP contribution in [0.15, 0.2) is 0 Å². The van der Waals surface area contributed by atoms with Gasteiger partial charge in [0.2, 0.25) is 5.91 Å². The average Bonchev–Trinajstić information content (AvgIpc) is 3.03. The fourth-order valence-corrected chi connectivity index (χ4v) is 5.85. The number of amides is 1. The summed E-state index contributed by atoms with van der Waals surface area (Å²) >= 11 is 0. The Morgan fingerprint density at radius 2 is 1.02 bits per heavy atom. The SMILES string of the molecule is CCCCCCCOC(=O)CCCCCCCN(CCCCCCCC(=O)OC(CCCC)CCCCC)CCCCNC(C)=O. The molecule has 0 saturated heterocycles. The van der Waals surface area contributed by atoms with E-state index in [1.54, 1.807) is 6.92 Å². The van der Waals surface area contributed by atoms with Crippen LogP contribution in [-0.2, 0) is 23.9 Å². The number of hydrogen-bond acceptors (Lipinski definition) is 6. The molecule has 1 unspecified atom stereocenters. The van der Waals surface area contributed by atoms with Gasteiger partial charge in [0.05, 0.1) is 6.61 Å². The molecule has 0 aliphatic rings. The fraction of sp³-hybridized carbons (Fsp3) is 0.923. The van der Waals surface area contributed by atoms with Crippen LogP contribution in [0.4, 0.5) is 0 Å². The Hall–Kier alpha value is -1.63. The van der Waals surface area contributed by atoms with E-state index in [2.05, 4.69) is 31.0 Å². The van der Waals surface area contributed by atoms with Crippen molar-refractivity contribution in [2.75, 3.05) is 32.8 Å². The number of esters is 2. The van der Waals surface area contributed by atoms with E-state index in [0.29, 0.717) is 19.4 Å². The lowest BCUT2D eigenvalue weighted by atomic mass is 10.1. The Bertz CT molecular complexity index is 702. The monoisotopic (exact) mass is 653 g/mol. The Balaban J connectivity index is 4.14. The van der Waals surface area contributed by atoms with Gasteiger partial charge in [0, 0.05) is 26.3 Å². The van der Waals surface area contributed by atoms with E-state index < -0.39 is 0 Å². The number of hydrogen-bond donors (Lipinski definition) is 1. The highest BCUT2D eigenvalue weighted by atomic mass is 16.5. The molecule has 0 aromatic rings. The lowest BCUT2D eigenvalue weighted by molar-refractivity contribution is -0.150. The Labute approximate surface area is 285 Å². The second kappa shape index (κ2) is 34.7. The quantitative estimate of drug-likeness (QED) is 0.0542. The number of carbonyl (C=O) groups is 3. The third kappa shape index (κ3) is 32.3. The molecule has 0 aromatic heterocycles. The molecule has 0 aromatic carbocycles. The van der Waals surface area contributed by atoms with E-state index in [0.717, 1.165) is 110 Å². The molecule has 0 aliphatic carbocycles. The molecule has 0 heterocycles. The van der Waals surface area contributed by atoms with Crippen molar-refractivity contribution in [1.82, 2.24) is 10.2 Å². The molecular weight excluding hydrogens is 576 g/mol. The number of ether oxygens (including phenoxy) is 2. The van der Waals surface area contributed by atoms with Crippen molar-refractivity contribution >= 4 is 17.8 Å². The maximum atomic E-state index is 12.4. The van der Waals surface area contributed by atoms with Gasteiger partial charge in [-0.1, -0.05) is 111 Å². The summed E-state index contributed by atoms with van der Waals surface area (Å²) in [5.74, 6) is 0.00919. The van der Waals surface area contributed by atoms with E-state index in [9.17, 15) is 14.4 Å². The van der Waals surface area contributed by atoms with Crippen LogP contribution in [-0.4, -0.2) is 61.6 Å². The minimum atomic E-state index is -0.0327. The molecule has 1 atom stereocenters. The summed E-state index contributed by atoms with van der Waals surface area (Å²) in [6.45, 7) is 12.8. The van der Waals surface area contributed by atoms with Crippen LogP contribution in [0.3, 0.4) is 0 Å². The summed E-state index contributed by atoms with van der Waals surface area (Å²) in [5, 5.41) is 2.91. The van der Waals surface area contributed by atoms with E-state index >= 15 is 0 Å². The summed E-state index contributed by atoms with van der Waals surface area (Å²) in [4.78, 5) is 38.1. The lowest BCUT2D eigenvalue weighted by Crippen LogP contribution is -2.28. The number of rotatable bonds is 35. The van der Waals surface area contributed by atoms with Crippen LogP contribution in [0, 0.1) is 0 Å². The van der Waals surface area contributed by atoms with Gasteiger partial charge in [0.1, 0.15) is 6.10 Å².